The number of hydrogen-bond acceptors (Lipinski definition) is 2. The van der Waals surface area contributed by atoms with Crippen LogP contribution in [0.5, 0.6) is 0 Å². The van der Waals surface area contributed by atoms with Crippen LogP contribution in [0.2, 0.25) is 0 Å². The van der Waals surface area contributed by atoms with Crippen molar-refractivity contribution < 1.29 is 18.0 Å². The second-order valence-corrected chi connectivity index (χ2v) is 6.30. The SMILES string of the molecule is Cc1c(/C=C/c2cc(C=O)ccc2C(F)(F)F)cccc1C1=CCCN=C1. The molecule has 138 valence electrons. The number of aldehydes is 1. The molecule has 0 aromatic heterocycles. The summed E-state index contributed by atoms with van der Waals surface area (Å²) in [5.41, 5.74) is 3.23. The maximum Gasteiger partial charge on any atom is 0.416 e. The Morgan fingerprint density at radius 1 is 1.07 bits per heavy atom. The van der Waals surface area contributed by atoms with Crippen LogP contribution in [-0.4, -0.2) is 19.0 Å². The second-order valence-electron chi connectivity index (χ2n) is 6.30. The molecule has 0 atom stereocenters. The molecule has 0 unspecified atom stereocenters. The highest BCUT2D eigenvalue weighted by molar-refractivity contribution is 6.11. The van der Waals surface area contributed by atoms with Crippen molar-refractivity contribution in [2.24, 2.45) is 4.99 Å². The summed E-state index contributed by atoms with van der Waals surface area (Å²) in [7, 11) is 0. The Morgan fingerprint density at radius 3 is 2.52 bits per heavy atom. The van der Waals surface area contributed by atoms with Crippen molar-refractivity contribution >= 4 is 30.2 Å². The molecular weight excluding hydrogens is 351 g/mol. The summed E-state index contributed by atoms with van der Waals surface area (Å²) in [6.07, 6.45) is 3.93. The number of carbonyl (C=O) groups is 1. The molecular formula is C22H18F3NO. The van der Waals surface area contributed by atoms with Gasteiger partial charge < -0.3 is 0 Å². The molecule has 0 aliphatic carbocycles. The summed E-state index contributed by atoms with van der Waals surface area (Å²) in [5.74, 6) is 0. The van der Waals surface area contributed by atoms with Crippen LogP contribution in [0.15, 0.2) is 47.5 Å². The monoisotopic (exact) mass is 369 g/mol. The van der Waals surface area contributed by atoms with E-state index in [1.807, 2.05) is 31.3 Å². The predicted molar refractivity (Wildman–Crippen MR) is 103 cm³/mol. The summed E-state index contributed by atoms with van der Waals surface area (Å²) in [6, 6.07) is 9.07. The maximum absolute atomic E-state index is 13.3. The summed E-state index contributed by atoms with van der Waals surface area (Å²) in [6.45, 7) is 2.71. The number of benzene rings is 2. The first-order valence-electron chi connectivity index (χ1n) is 8.54. The number of dihydropyridines is 1. The highest BCUT2D eigenvalue weighted by Gasteiger charge is 2.32. The quantitative estimate of drug-likeness (QED) is 0.491. The van der Waals surface area contributed by atoms with Crippen LogP contribution in [0, 0.1) is 6.92 Å². The molecule has 0 bridgehead atoms. The van der Waals surface area contributed by atoms with Crippen molar-refractivity contribution in [2.75, 3.05) is 6.54 Å². The zero-order valence-corrected chi connectivity index (χ0v) is 14.8. The summed E-state index contributed by atoms with van der Waals surface area (Å²) >= 11 is 0. The number of nitrogens with zero attached hydrogens (tertiary/aromatic N) is 1. The fourth-order valence-corrected chi connectivity index (χ4v) is 3.07. The van der Waals surface area contributed by atoms with Gasteiger partial charge in [0.1, 0.15) is 6.29 Å². The van der Waals surface area contributed by atoms with Crippen LogP contribution in [0.25, 0.3) is 17.7 Å². The van der Waals surface area contributed by atoms with Gasteiger partial charge in [0.2, 0.25) is 0 Å². The minimum absolute atomic E-state index is 0.0321. The van der Waals surface area contributed by atoms with Gasteiger partial charge in [0.15, 0.2) is 0 Å². The molecule has 27 heavy (non-hydrogen) atoms. The highest BCUT2D eigenvalue weighted by atomic mass is 19.4. The molecule has 0 saturated heterocycles. The van der Waals surface area contributed by atoms with Crippen LogP contribution in [0.3, 0.4) is 0 Å². The van der Waals surface area contributed by atoms with Gasteiger partial charge in [0, 0.05) is 18.3 Å². The first-order valence-corrected chi connectivity index (χ1v) is 8.54. The molecule has 2 nitrogen and oxygen atoms in total. The molecule has 2 aromatic rings. The number of halogens is 3. The average molecular weight is 369 g/mol. The number of aliphatic imine (C=N–C) groups is 1. The fourth-order valence-electron chi connectivity index (χ4n) is 3.07. The topological polar surface area (TPSA) is 29.4 Å². The molecule has 0 saturated carbocycles. The van der Waals surface area contributed by atoms with Crippen LogP contribution in [-0.2, 0) is 6.18 Å². The molecule has 1 aliphatic heterocycles. The first-order chi connectivity index (χ1) is 12.9. The molecule has 0 fully saturated rings. The lowest BCUT2D eigenvalue weighted by Gasteiger charge is -2.13. The van der Waals surface area contributed by atoms with Gasteiger partial charge in [-0.25, -0.2) is 0 Å². The van der Waals surface area contributed by atoms with Gasteiger partial charge in [-0.2, -0.15) is 13.2 Å². The molecule has 1 heterocycles. The van der Waals surface area contributed by atoms with Gasteiger partial charge in [-0.15, -0.1) is 0 Å². The zero-order chi connectivity index (χ0) is 19.4. The van der Waals surface area contributed by atoms with Crippen LogP contribution < -0.4 is 0 Å². The number of allylic oxidation sites excluding steroid dienone is 1. The Bertz CT molecular complexity index is 953. The van der Waals surface area contributed by atoms with Crippen molar-refractivity contribution in [1.29, 1.82) is 0 Å². The average Bonchev–Trinajstić information content (AvgIpc) is 2.67. The smallest absolute Gasteiger partial charge is 0.298 e. The zero-order valence-electron chi connectivity index (χ0n) is 14.8. The van der Waals surface area contributed by atoms with Crippen molar-refractivity contribution in [1.82, 2.24) is 0 Å². The van der Waals surface area contributed by atoms with Crippen molar-refractivity contribution in [3.63, 3.8) is 0 Å². The van der Waals surface area contributed by atoms with Crippen LogP contribution >= 0.6 is 0 Å². The minimum Gasteiger partial charge on any atom is -0.298 e. The molecule has 5 heteroatoms. The Balaban J connectivity index is 2.01. The van der Waals surface area contributed by atoms with E-state index in [0.29, 0.717) is 6.29 Å². The minimum atomic E-state index is -4.48. The molecule has 0 radical (unpaired) electrons. The van der Waals surface area contributed by atoms with E-state index in [1.54, 1.807) is 6.08 Å². The van der Waals surface area contributed by atoms with E-state index < -0.39 is 11.7 Å². The second kappa shape index (κ2) is 7.74. The lowest BCUT2D eigenvalue weighted by Crippen LogP contribution is -2.07. The Morgan fingerprint density at radius 2 is 1.85 bits per heavy atom. The van der Waals surface area contributed by atoms with Crippen LogP contribution in [0.1, 0.15) is 44.6 Å². The van der Waals surface area contributed by atoms with E-state index in [1.165, 1.54) is 18.2 Å². The van der Waals surface area contributed by atoms with Gasteiger partial charge in [-0.05, 0) is 53.3 Å². The van der Waals surface area contributed by atoms with Crippen LogP contribution in [0.4, 0.5) is 13.2 Å². The number of alkyl halides is 3. The molecule has 2 aromatic carbocycles. The normalized spacial score (nSPS) is 14.4. The Kier molecular flexibility index (Phi) is 5.40. The number of rotatable bonds is 4. The molecule has 0 N–H and O–H groups in total. The highest BCUT2D eigenvalue weighted by Crippen LogP contribution is 2.33. The first kappa shape index (κ1) is 18.8. The van der Waals surface area contributed by atoms with E-state index in [2.05, 4.69) is 11.1 Å². The van der Waals surface area contributed by atoms with E-state index in [-0.39, 0.29) is 11.1 Å². The third kappa shape index (κ3) is 4.25. The van der Waals surface area contributed by atoms with Gasteiger partial charge >= 0.3 is 6.18 Å². The Labute approximate surface area is 155 Å². The van der Waals surface area contributed by atoms with E-state index in [0.717, 1.165) is 41.3 Å². The lowest BCUT2D eigenvalue weighted by molar-refractivity contribution is -0.137. The third-order valence-electron chi connectivity index (χ3n) is 4.50. The number of hydrogen-bond donors (Lipinski definition) is 0. The predicted octanol–water partition coefficient (Wildman–Crippen LogP) is 5.85. The van der Waals surface area contributed by atoms with Crippen molar-refractivity contribution in [3.8, 4) is 0 Å². The van der Waals surface area contributed by atoms with Gasteiger partial charge in [0.05, 0.1) is 5.56 Å². The van der Waals surface area contributed by atoms with E-state index in [9.17, 15) is 18.0 Å². The van der Waals surface area contributed by atoms with E-state index >= 15 is 0 Å². The van der Waals surface area contributed by atoms with Gasteiger partial charge in [-0.1, -0.05) is 42.5 Å². The summed E-state index contributed by atoms with van der Waals surface area (Å²) < 4.78 is 39.8. The van der Waals surface area contributed by atoms with Gasteiger partial charge in [-0.3, -0.25) is 9.79 Å². The summed E-state index contributed by atoms with van der Waals surface area (Å²) in [5, 5.41) is 0. The lowest BCUT2D eigenvalue weighted by atomic mass is 9.94. The van der Waals surface area contributed by atoms with E-state index in [4.69, 9.17) is 0 Å². The standard InChI is InChI=1S/C22H18F3NO/c1-15-17(4-2-6-20(15)19-5-3-11-26-13-19)8-9-18-12-16(14-27)7-10-21(18)22(23,24)25/h2,4-10,12-14H,3,11H2,1H3/b9-8+. The summed E-state index contributed by atoms with van der Waals surface area (Å²) in [4.78, 5) is 15.2. The molecule has 3 rings (SSSR count). The number of carbonyl (C=O) groups excluding carboxylic acids is 1. The molecule has 0 spiro atoms. The Hall–Kier alpha value is -2.95. The largest absolute Gasteiger partial charge is 0.416 e. The third-order valence-corrected chi connectivity index (χ3v) is 4.50. The molecule has 1 aliphatic rings. The maximum atomic E-state index is 13.3. The van der Waals surface area contributed by atoms with Crippen molar-refractivity contribution in [2.45, 2.75) is 19.5 Å². The molecule has 0 amide bonds. The van der Waals surface area contributed by atoms with Crippen molar-refractivity contribution in [3.05, 3.63) is 75.9 Å². The van der Waals surface area contributed by atoms with Gasteiger partial charge in [0.25, 0.3) is 0 Å². The fraction of sp³-hybridized carbons (Fsp3) is 0.182.